The Kier molecular flexibility index (Phi) is 7.05. The van der Waals surface area contributed by atoms with Crippen LogP contribution in [0, 0.1) is 0 Å². The molecule has 8 nitrogen and oxygen atoms in total. The molecule has 0 unspecified atom stereocenters. The van der Waals surface area contributed by atoms with Gasteiger partial charge in [-0.05, 0) is 23.8 Å². The highest BCUT2D eigenvalue weighted by Gasteiger charge is 2.35. The van der Waals surface area contributed by atoms with E-state index in [0.717, 1.165) is 37.6 Å². The third-order valence-electron chi connectivity index (χ3n) is 5.96. The summed E-state index contributed by atoms with van der Waals surface area (Å²) in [6.45, 7) is 3.52. The van der Waals surface area contributed by atoms with Gasteiger partial charge in [0.25, 0.3) is 0 Å². The molecule has 1 saturated heterocycles. The number of piperazine rings is 1. The van der Waals surface area contributed by atoms with E-state index < -0.39 is 12.0 Å². The largest absolute Gasteiger partial charge is 0.495 e. The highest BCUT2D eigenvalue weighted by atomic mass is 35.5. The zero-order valence-electron chi connectivity index (χ0n) is 18.6. The van der Waals surface area contributed by atoms with Crippen LogP contribution in [0.3, 0.4) is 0 Å². The van der Waals surface area contributed by atoms with Gasteiger partial charge in [0.05, 0.1) is 31.5 Å². The molecular weight excluding hydrogens is 444 g/mol. The molecule has 2 aromatic rings. The van der Waals surface area contributed by atoms with Gasteiger partial charge in [0, 0.05) is 43.4 Å². The molecule has 2 amide bonds. The van der Waals surface area contributed by atoms with Crippen molar-refractivity contribution in [3.8, 4) is 5.75 Å². The third-order valence-corrected chi connectivity index (χ3v) is 6.30. The summed E-state index contributed by atoms with van der Waals surface area (Å²) in [5.74, 6) is 0.338. The van der Waals surface area contributed by atoms with Gasteiger partial charge in [0.2, 0.25) is 0 Å². The Bertz CT molecular complexity index is 1070. The highest BCUT2D eigenvalue weighted by molar-refractivity contribution is 6.31. The fraction of sp³-hybridized carbons (Fsp3) is 0.333. The molecule has 4 rings (SSSR count). The van der Waals surface area contributed by atoms with E-state index in [4.69, 9.17) is 21.1 Å². The Hall–Kier alpha value is -3.23. The van der Waals surface area contributed by atoms with E-state index >= 15 is 0 Å². The van der Waals surface area contributed by atoms with Crippen molar-refractivity contribution in [1.29, 1.82) is 0 Å². The Morgan fingerprint density at radius 3 is 2.45 bits per heavy atom. The smallest absolute Gasteiger partial charge is 0.338 e. The summed E-state index contributed by atoms with van der Waals surface area (Å²) in [6.07, 6.45) is 0. The minimum Gasteiger partial charge on any atom is -0.495 e. The van der Waals surface area contributed by atoms with Gasteiger partial charge in [-0.25, -0.2) is 9.59 Å². The molecule has 2 aliphatic heterocycles. The van der Waals surface area contributed by atoms with Crippen LogP contribution >= 0.6 is 11.6 Å². The number of carbonyl (C=O) groups is 2. The molecule has 2 aliphatic rings. The van der Waals surface area contributed by atoms with E-state index in [-0.39, 0.29) is 6.03 Å². The number of para-hydroxylation sites is 2. The van der Waals surface area contributed by atoms with Gasteiger partial charge in [-0.2, -0.15) is 0 Å². The molecule has 2 aromatic carbocycles. The number of anilines is 1. The average molecular weight is 471 g/mol. The number of methoxy groups -OCH3 is 2. The van der Waals surface area contributed by atoms with Crippen LogP contribution in [0.1, 0.15) is 11.6 Å². The predicted molar refractivity (Wildman–Crippen MR) is 127 cm³/mol. The predicted octanol–water partition coefficient (Wildman–Crippen LogP) is 2.95. The van der Waals surface area contributed by atoms with Crippen molar-refractivity contribution in [2.24, 2.45) is 0 Å². The number of esters is 1. The van der Waals surface area contributed by atoms with Crippen molar-refractivity contribution in [1.82, 2.24) is 15.5 Å². The molecule has 0 bridgehead atoms. The number of carbonyl (C=O) groups excluding carboxylic acids is 2. The topological polar surface area (TPSA) is 83.1 Å². The monoisotopic (exact) mass is 470 g/mol. The molecule has 0 saturated carbocycles. The maximum Gasteiger partial charge on any atom is 0.338 e. The van der Waals surface area contributed by atoms with Crippen LogP contribution < -0.4 is 20.3 Å². The lowest BCUT2D eigenvalue weighted by Gasteiger charge is -2.38. The Balaban J connectivity index is 1.56. The van der Waals surface area contributed by atoms with Gasteiger partial charge in [0.1, 0.15) is 5.75 Å². The Morgan fingerprint density at radius 1 is 1.06 bits per heavy atom. The van der Waals surface area contributed by atoms with E-state index in [1.54, 1.807) is 25.3 Å². The van der Waals surface area contributed by atoms with Crippen LogP contribution in [0.2, 0.25) is 5.02 Å². The second-order valence-electron chi connectivity index (χ2n) is 7.87. The van der Waals surface area contributed by atoms with Crippen LogP contribution in [-0.4, -0.2) is 63.8 Å². The molecule has 174 valence electrons. The van der Waals surface area contributed by atoms with Gasteiger partial charge in [-0.15, -0.1) is 0 Å². The molecule has 2 N–H and O–H groups in total. The minimum absolute atomic E-state index is 0.359. The van der Waals surface area contributed by atoms with Crippen molar-refractivity contribution in [2.45, 2.75) is 6.04 Å². The number of ether oxygens (including phenoxy) is 2. The molecule has 0 radical (unpaired) electrons. The zero-order valence-corrected chi connectivity index (χ0v) is 19.4. The van der Waals surface area contributed by atoms with Crippen LogP contribution in [0.4, 0.5) is 10.5 Å². The normalized spacial score (nSPS) is 19.1. The highest BCUT2D eigenvalue weighted by Crippen LogP contribution is 2.33. The first kappa shape index (κ1) is 22.9. The molecule has 1 atom stereocenters. The van der Waals surface area contributed by atoms with E-state index in [0.29, 0.717) is 28.4 Å². The molecule has 2 heterocycles. The number of halogens is 1. The number of amides is 2. The SMILES string of the molecule is COC(=O)C1=C(CN2CCN(c3ccccc3OC)CC2)NC(=O)N[C@@H]1c1ccccc1Cl. The summed E-state index contributed by atoms with van der Waals surface area (Å²) < 4.78 is 10.6. The summed E-state index contributed by atoms with van der Waals surface area (Å²) in [7, 11) is 3.00. The van der Waals surface area contributed by atoms with E-state index in [2.05, 4.69) is 20.4 Å². The average Bonchev–Trinajstić information content (AvgIpc) is 2.84. The number of benzene rings is 2. The van der Waals surface area contributed by atoms with Gasteiger partial charge in [0.15, 0.2) is 0 Å². The minimum atomic E-state index is -0.690. The Labute approximate surface area is 198 Å². The first-order valence-corrected chi connectivity index (χ1v) is 11.1. The first-order valence-electron chi connectivity index (χ1n) is 10.8. The van der Waals surface area contributed by atoms with Crippen molar-refractivity contribution in [3.05, 3.63) is 70.4 Å². The van der Waals surface area contributed by atoms with E-state index in [1.807, 2.05) is 30.3 Å². The molecule has 33 heavy (non-hydrogen) atoms. The quantitative estimate of drug-likeness (QED) is 0.632. The molecule has 9 heteroatoms. The van der Waals surface area contributed by atoms with Gasteiger partial charge in [-0.1, -0.05) is 41.9 Å². The lowest BCUT2D eigenvalue weighted by Crippen LogP contribution is -2.51. The summed E-state index contributed by atoms with van der Waals surface area (Å²) in [6, 6.07) is 14.0. The first-order chi connectivity index (χ1) is 16.0. The van der Waals surface area contributed by atoms with E-state index in [1.165, 1.54) is 7.11 Å². The number of rotatable bonds is 6. The van der Waals surface area contributed by atoms with Gasteiger partial charge in [-0.3, -0.25) is 4.90 Å². The standard InChI is InChI=1S/C24H27ClN4O4/c1-32-20-10-6-5-9-19(20)29-13-11-28(12-14-29)15-18-21(23(30)33-2)22(27-24(31)26-18)16-7-3-4-8-17(16)25/h3-10,22H,11-15H2,1-2H3,(H2,26,27,31)/t22-/m1/s1. The fourth-order valence-corrected chi connectivity index (χ4v) is 4.54. The summed E-state index contributed by atoms with van der Waals surface area (Å²) >= 11 is 6.38. The lowest BCUT2D eigenvalue weighted by atomic mass is 9.95. The van der Waals surface area contributed by atoms with Gasteiger partial charge < -0.3 is 25.0 Å². The van der Waals surface area contributed by atoms with Gasteiger partial charge >= 0.3 is 12.0 Å². The molecule has 0 aliphatic carbocycles. The number of nitrogens with zero attached hydrogens (tertiary/aromatic N) is 2. The van der Waals surface area contributed by atoms with Crippen molar-refractivity contribution in [3.63, 3.8) is 0 Å². The van der Waals surface area contributed by atoms with Crippen molar-refractivity contribution in [2.75, 3.05) is 51.8 Å². The zero-order chi connectivity index (χ0) is 23.4. The summed E-state index contributed by atoms with van der Waals surface area (Å²) in [4.78, 5) is 29.7. The third kappa shape index (κ3) is 4.91. The molecule has 1 fully saturated rings. The Morgan fingerprint density at radius 2 is 1.76 bits per heavy atom. The van der Waals surface area contributed by atoms with Crippen LogP contribution in [0.25, 0.3) is 0 Å². The number of nitrogens with one attached hydrogen (secondary N) is 2. The lowest BCUT2D eigenvalue weighted by molar-refractivity contribution is -0.136. The van der Waals surface area contributed by atoms with Crippen LogP contribution in [0.5, 0.6) is 5.75 Å². The summed E-state index contributed by atoms with van der Waals surface area (Å²) in [5.41, 5.74) is 2.59. The fourth-order valence-electron chi connectivity index (χ4n) is 4.30. The number of urea groups is 1. The molecule has 0 spiro atoms. The number of hydrogen-bond acceptors (Lipinski definition) is 6. The molecule has 0 aromatic heterocycles. The summed E-state index contributed by atoms with van der Waals surface area (Å²) in [5, 5.41) is 6.10. The molecular formula is C24H27ClN4O4. The maximum absolute atomic E-state index is 12.8. The van der Waals surface area contributed by atoms with E-state index in [9.17, 15) is 9.59 Å². The van der Waals surface area contributed by atoms with Crippen molar-refractivity contribution < 1.29 is 19.1 Å². The maximum atomic E-state index is 12.8. The van der Waals surface area contributed by atoms with Crippen LogP contribution in [0.15, 0.2) is 59.8 Å². The second-order valence-corrected chi connectivity index (χ2v) is 8.28. The second kappa shape index (κ2) is 10.1. The van der Waals surface area contributed by atoms with Crippen molar-refractivity contribution >= 4 is 29.3 Å². The number of hydrogen-bond donors (Lipinski definition) is 2. The van der Waals surface area contributed by atoms with Crippen LogP contribution in [-0.2, 0) is 9.53 Å².